The van der Waals surface area contributed by atoms with Gasteiger partial charge < -0.3 is 5.11 Å². The van der Waals surface area contributed by atoms with E-state index in [4.69, 9.17) is 69.6 Å². The molecule has 0 amide bonds. The van der Waals surface area contributed by atoms with Gasteiger partial charge in [0.2, 0.25) is 0 Å². The SMILES string of the molecule is CC(Cl)C(Cl)C(O)C(Cl)C(Cl)C(Cl)CCCCCCC=CCl. The summed E-state index contributed by atoms with van der Waals surface area (Å²) in [6, 6.07) is 0. The Morgan fingerprint density at radius 1 is 0.864 bits per heavy atom. The lowest BCUT2D eigenvalue weighted by Crippen LogP contribution is -2.42. The van der Waals surface area contributed by atoms with Crippen molar-refractivity contribution in [3.05, 3.63) is 11.6 Å². The Bertz CT molecular complexity index is 300. The molecule has 0 bridgehead atoms. The predicted octanol–water partition coefficient (Wildman–Crippen LogP) is 6.50. The van der Waals surface area contributed by atoms with Gasteiger partial charge in [-0.3, -0.25) is 0 Å². The van der Waals surface area contributed by atoms with Crippen molar-refractivity contribution in [2.24, 2.45) is 0 Å². The second-order valence-corrected chi connectivity index (χ2v) is 8.38. The van der Waals surface area contributed by atoms with E-state index in [2.05, 4.69) is 0 Å². The van der Waals surface area contributed by atoms with E-state index in [1.54, 1.807) is 12.5 Å². The van der Waals surface area contributed by atoms with Gasteiger partial charge in [0.1, 0.15) is 0 Å². The smallest absolute Gasteiger partial charge is 0.0896 e. The van der Waals surface area contributed by atoms with Crippen molar-refractivity contribution in [1.29, 1.82) is 0 Å². The zero-order valence-electron chi connectivity index (χ0n) is 12.6. The topological polar surface area (TPSA) is 20.2 Å². The Morgan fingerprint density at radius 2 is 1.45 bits per heavy atom. The van der Waals surface area contributed by atoms with Gasteiger partial charge in [0.15, 0.2) is 0 Å². The van der Waals surface area contributed by atoms with Gasteiger partial charge in [-0.1, -0.05) is 36.9 Å². The number of hydrogen-bond donors (Lipinski definition) is 1. The lowest BCUT2D eigenvalue weighted by Gasteiger charge is -2.28. The average Bonchev–Trinajstić information content (AvgIpc) is 2.50. The number of hydrogen-bond acceptors (Lipinski definition) is 1. The molecule has 0 aliphatic rings. The van der Waals surface area contributed by atoms with Crippen LogP contribution >= 0.6 is 69.6 Å². The van der Waals surface area contributed by atoms with Gasteiger partial charge in [-0.05, 0) is 26.2 Å². The molecule has 7 heteroatoms. The van der Waals surface area contributed by atoms with Crippen LogP contribution in [0, 0.1) is 0 Å². The van der Waals surface area contributed by atoms with Crippen molar-refractivity contribution in [3.63, 3.8) is 0 Å². The number of allylic oxidation sites excluding steroid dienone is 1. The van der Waals surface area contributed by atoms with Crippen LogP contribution in [0.25, 0.3) is 0 Å². The van der Waals surface area contributed by atoms with Crippen LogP contribution in [0.4, 0.5) is 0 Å². The van der Waals surface area contributed by atoms with E-state index >= 15 is 0 Å². The van der Waals surface area contributed by atoms with Gasteiger partial charge in [0.05, 0.1) is 27.6 Å². The molecular formula is C15H24Cl6O. The molecule has 1 nitrogen and oxygen atoms in total. The molecule has 0 heterocycles. The van der Waals surface area contributed by atoms with Crippen molar-refractivity contribution in [3.8, 4) is 0 Å². The summed E-state index contributed by atoms with van der Waals surface area (Å²) < 4.78 is 0. The first-order valence-corrected chi connectivity index (χ1v) is 10.1. The van der Waals surface area contributed by atoms with Gasteiger partial charge in [-0.15, -0.1) is 58.0 Å². The summed E-state index contributed by atoms with van der Waals surface area (Å²) in [6.45, 7) is 1.70. The van der Waals surface area contributed by atoms with E-state index in [1.807, 2.05) is 6.08 Å². The molecule has 0 saturated carbocycles. The van der Waals surface area contributed by atoms with E-state index in [0.717, 1.165) is 38.5 Å². The van der Waals surface area contributed by atoms with Crippen LogP contribution in [0.2, 0.25) is 0 Å². The van der Waals surface area contributed by atoms with Crippen molar-refractivity contribution < 1.29 is 5.11 Å². The van der Waals surface area contributed by atoms with Gasteiger partial charge >= 0.3 is 0 Å². The van der Waals surface area contributed by atoms with E-state index < -0.39 is 27.6 Å². The quantitative estimate of drug-likeness (QED) is 0.275. The number of alkyl halides is 5. The molecule has 0 saturated heterocycles. The predicted molar refractivity (Wildman–Crippen MR) is 103 cm³/mol. The third-order valence-electron chi connectivity index (χ3n) is 3.43. The zero-order chi connectivity index (χ0) is 17.1. The molecule has 0 aliphatic heterocycles. The van der Waals surface area contributed by atoms with Crippen LogP contribution in [0.1, 0.15) is 45.4 Å². The summed E-state index contributed by atoms with van der Waals surface area (Å²) in [6.07, 6.45) is 6.97. The van der Waals surface area contributed by atoms with Crippen molar-refractivity contribution in [2.45, 2.75) is 78.4 Å². The highest BCUT2D eigenvalue weighted by Gasteiger charge is 2.35. The fourth-order valence-electron chi connectivity index (χ4n) is 2.01. The highest BCUT2D eigenvalue weighted by Crippen LogP contribution is 2.29. The Labute approximate surface area is 164 Å². The normalized spacial score (nSPS) is 20.5. The molecule has 0 aromatic rings. The minimum absolute atomic E-state index is 0.309. The molecule has 6 unspecified atom stereocenters. The molecule has 0 spiro atoms. The van der Waals surface area contributed by atoms with E-state index in [1.165, 1.54) is 0 Å². The largest absolute Gasteiger partial charge is 0.390 e. The fourth-order valence-corrected chi connectivity index (χ4v) is 3.51. The van der Waals surface area contributed by atoms with Gasteiger partial charge in [-0.2, -0.15) is 0 Å². The van der Waals surface area contributed by atoms with E-state index in [9.17, 15) is 5.11 Å². The molecule has 0 fully saturated rings. The van der Waals surface area contributed by atoms with Gasteiger partial charge in [0, 0.05) is 10.9 Å². The molecule has 0 radical (unpaired) electrons. The maximum Gasteiger partial charge on any atom is 0.0896 e. The lowest BCUT2D eigenvalue weighted by molar-refractivity contribution is 0.160. The number of halogens is 6. The number of aliphatic hydroxyl groups excluding tert-OH is 1. The summed E-state index contributed by atoms with van der Waals surface area (Å²) in [7, 11) is 0. The Hall–Kier alpha value is 1.44. The van der Waals surface area contributed by atoms with E-state index in [0.29, 0.717) is 0 Å². The monoisotopic (exact) mass is 430 g/mol. The van der Waals surface area contributed by atoms with Crippen LogP contribution in [0.5, 0.6) is 0 Å². The zero-order valence-corrected chi connectivity index (χ0v) is 17.1. The van der Waals surface area contributed by atoms with Crippen LogP contribution in [0.15, 0.2) is 11.6 Å². The molecular weight excluding hydrogens is 409 g/mol. The highest BCUT2D eigenvalue weighted by atomic mass is 35.5. The summed E-state index contributed by atoms with van der Waals surface area (Å²) in [5, 5.41) is 7.39. The minimum Gasteiger partial charge on any atom is -0.390 e. The summed E-state index contributed by atoms with van der Waals surface area (Å²) in [5.74, 6) is 0. The third kappa shape index (κ3) is 9.67. The minimum atomic E-state index is -0.998. The summed E-state index contributed by atoms with van der Waals surface area (Å²) >= 11 is 36.1. The lowest BCUT2D eigenvalue weighted by atomic mass is 10.0. The Morgan fingerprint density at radius 3 is 2.00 bits per heavy atom. The summed E-state index contributed by atoms with van der Waals surface area (Å²) in [4.78, 5) is 0. The molecule has 6 atom stereocenters. The van der Waals surface area contributed by atoms with E-state index in [-0.39, 0.29) is 5.38 Å². The number of aliphatic hydroxyl groups is 1. The van der Waals surface area contributed by atoms with Gasteiger partial charge in [0.25, 0.3) is 0 Å². The molecule has 0 aromatic carbocycles. The maximum atomic E-state index is 10.1. The Kier molecular flexibility index (Phi) is 14.6. The first-order valence-electron chi connectivity index (χ1n) is 7.46. The van der Waals surface area contributed by atoms with Gasteiger partial charge in [-0.25, -0.2) is 0 Å². The second kappa shape index (κ2) is 13.7. The molecule has 22 heavy (non-hydrogen) atoms. The molecule has 0 rings (SSSR count). The second-order valence-electron chi connectivity index (χ2n) is 5.37. The number of unbranched alkanes of at least 4 members (excludes halogenated alkanes) is 4. The van der Waals surface area contributed by atoms with Crippen LogP contribution in [0.3, 0.4) is 0 Å². The van der Waals surface area contributed by atoms with Crippen molar-refractivity contribution in [1.82, 2.24) is 0 Å². The first kappa shape index (κ1) is 23.4. The molecule has 0 aromatic heterocycles. The Balaban J connectivity index is 4.01. The third-order valence-corrected chi connectivity index (χ3v) is 6.50. The number of rotatable bonds is 12. The fraction of sp³-hybridized carbons (Fsp3) is 0.867. The van der Waals surface area contributed by atoms with Crippen molar-refractivity contribution in [2.75, 3.05) is 0 Å². The van der Waals surface area contributed by atoms with Crippen LogP contribution < -0.4 is 0 Å². The standard InChI is InChI=1S/C15H24Cl6O/c1-10(17)12(19)15(22)14(21)13(20)11(18)8-6-4-2-3-5-7-9-16/h7,9-15,22H,2-6,8H2,1H3. The summed E-state index contributed by atoms with van der Waals surface area (Å²) in [5.41, 5.74) is 1.55. The molecule has 132 valence electrons. The van der Waals surface area contributed by atoms with Crippen molar-refractivity contribution >= 4 is 69.6 Å². The molecule has 0 aliphatic carbocycles. The molecule has 1 N–H and O–H groups in total. The maximum absolute atomic E-state index is 10.1. The highest BCUT2D eigenvalue weighted by molar-refractivity contribution is 6.36. The average molecular weight is 433 g/mol. The van der Waals surface area contributed by atoms with Crippen LogP contribution in [-0.4, -0.2) is 38.1 Å². The first-order chi connectivity index (χ1) is 10.3. The van der Waals surface area contributed by atoms with Crippen LogP contribution in [-0.2, 0) is 0 Å².